The van der Waals surface area contributed by atoms with Crippen LogP contribution < -0.4 is 10.3 Å². The summed E-state index contributed by atoms with van der Waals surface area (Å²) < 4.78 is 6.82. The van der Waals surface area contributed by atoms with Crippen LogP contribution in [0.3, 0.4) is 0 Å². The molecule has 0 bridgehead atoms. The summed E-state index contributed by atoms with van der Waals surface area (Å²) in [6.07, 6.45) is 2.29. The molecule has 0 fully saturated rings. The van der Waals surface area contributed by atoms with E-state index in [4.69, 9.17) is 4.74 Å². The number of fused-ring (bicyclic) bond motifs is 1. The van der Waals surface area contributed by atoms with Gasteiger partial charge < -0.3 is 9.84 Å². The first-order chi connectivity index (χ1) is 11.1. The van der Waals surface area contributed by atoms with Crippen molar-refractivity contribution in [2.24, 2.45) is 0 Å². The van der Waals surface area contributed by atoms with Crippen molar-refractivity contribution in [3.05, 3.63) is 64.7 Å². The molecule has 0 saturated carbocycles. The number of para-hydroxylation sites is 1. The van der Waals surface area contributed by atoms with Crippen LogP contribution in [-0.4, -0.2) is 32.6 Å². The molecule has 0 amide bonds. The van der Waals surface area contributed by atoms with Gasteiger partial charge in [0.25, 0.3) is 5.56 Å². The third-order valence-corrected chi connectivity index (χ3v) is 3.53. The summed E-state index contributed by atoms with van der Waals surface area (Å²) in [6.45, 7) is 2.09. The summed E-state index contributed by atoms with van der Waals surface area (Å²) in [6, 6.07) is 11.0. The van der Waals surface area contributed by atoms with Gasteiger partial charge in [-0.25, -0.2) is 4.68 Å². The lowest BCUT2D eigenvalue weighted by atomic mass is 10.2. The Labute approximate surface area is 133 Å². The van der Waals surface area contributed by atoms with Gasteiger partial charge in [-0.1, -0.05) is 18.2 Å². The molecule has 1 atom stereocenters. The summed E-state index contributed by atoms with van der Waals surface area (Å²) in [4.78, 5) is 16.4. The number of rotatable bonds is 5. The first-order valence-corrected chi connectivity index (χ1v) is 7.32. The molecule has 0 aliphatic rings. The maximum Gasteiger partial charge on any atom is 0.276 e. The second-order valence-electron chi connectivity index (χ2n) is 5.30. The summed E-state index contributed by atoms with van der Waals surface area (Å²) in [5.74, 6) is 0.717. The topological polar surface area (TPSA) is 77.2 Å². The Morgan fingerprint density at radius 2 is 2.09 bits per heavy atom. The Morgan fingerprint density at radius 1 is 1.26 bits per heavy atom. The predicted molar refractivity (Wildman–Crippen MR) is 86.5 cm³/mol. The molecule has 0 spiro atoms. The number of aromatic nitrogens is 3. The van der Waals surface area contributed by atoms with Gasteiger partial charge in [0, 0.05) is 6.20 Å². The molecule has 23 heavy (non-hydrogen) atoms. The van der Waals surface area contributed by atoms with Crippen molar-refractivity contribution < 1.29 is 9.84 Å². The van der Waals surface area contributed by atoms with Gasteiger partial charge in [0.15, 0.2) is 0 Å². The fourth-order valence-corrected chi connectivity index (χ4v) is 2.30. The molecule has 1 N–H and O–H groups in total. The molecule has 118 valence electrons. The number of aryl methyl sites for hydroxylation is 1. The molecule has 1 aromatic carbocycles. The number of ether oxygens (including phenoxy) is 1. The largest absolute Gasteiger partial charge is 0.491 e. The smallest absolute Gasteiger partial charge is 0.276 e. The van der Waals surface area contributed by atoms with Crippen molar-refractivity contribution in [2.75, 3.05) is 6.61 Å². The van der Waals surface area contributed by atoms with Crippen LogP contribution in [0.4, 0.5) is 0 Å². The Balaban J connectivity index is 1.71. The minimum absolute atomic E-state index is 0.0650. The van der Waals surface area contributed by atoms with Crippen LogP contribution in [-0.2, 0) is 6.54 Å². The van der Waals surface area contributed by atoms with Gasteiger partial charge >= 0.3 is 0 Å². The molecule has 3 rings (SSSR count). The van der Waals surface area contributed by atoms with Crippen LogP contribution in [0.15, 0.2) is 53.6 Å². The fourth-order valence-electron chi connectivity index (χ4n) is 2.30. The van der Waals surface area contributed by atoms with Gasteiger partial charge in [0.2, 0.25) is 0 Å². The minimum Gasteiger partial charge on any atom is -0.491 e. The number of aliphatic hydroxyl groups is 1. The molecule has 6 nitrogen and oxygen atoms in total. The first kappa shape index (κ1) is 15.2. The van der Waals surface area contributed by atoms with Crippen LogP contribution in [0, 0.1) is 6.92 Å². The number of hydrogen-bond donors (Lipinski definition) is 1. The third-order valence-electron chi connectivity index (χ3n) is 3.53. The standard InChI is InChI=1S/C17H17N3O3/c1-12-5-2-3-7-16(12)23-11-13(21)10-20-17(22)14-6-4-8-18-15(14)9-19-20/h2-9,13,21H,10-11H2,1H3/t13-/m0/s1. The maximum absolute atomic E-state index is 12.3. The van der Waals surface area contributed by atoms with E-state index in [9.17, 15) is 9.90 Å². The van der Waals surface area contributed by atoms with Crippen LogP contribution >= 0.6 is 0 Å². The van der Waals surface area contributed by atoms with E-state index < -0.39 is 6.10 Å². The van der Waals surface area contributed by atoms with Gasteiger partial charge in [-0.3, -0.25) is 9.78 Å². The number of benzene rings is 1. The molecule has 6 heteroatoms. The van der Waals surface area contributed by atoms with E-state index in [0.29, 0.717) is 10.9 Å². The van der Waals surface area contributed by atoms with Crippen molar-refractivity contribution in [1.29, 1.82) is 0 Å². The highest BCUT2D eigenvalue weighted by molar-refractivity contribution is 5.75. The zero-order chi connectivity index (χ0) is 16.2. The zero-order valence-electron chi connectivity index (χ0n) is 12.7. The Hall–Kier alpha value is -2.73. The molecule has 0 saturated heterocycles. The van der Waals surface area contributed by atoms with Gasteiger partial charge in [-0.05, 0) is 30.7 Å². The molecular formula is C17H17N3O3. The molecule has 0 aliphatic heterocycles. The number of nitrogens with zero attached hydrogens (tertiary/aromatic N) is 3. The minimum atomic E-state index is -0.839. The zero-order valence-corrected chi connectivity index (χ0v) is 12.7. The van der Waals surface area contributed by atoms with Crippen LogP contribution in [0.5, 0.6) is 5.75 Å². The molecule has 0 unspecified atom stereocenters. The van der Waals surface area contributed by atoms with Gasteiger partial charge in [-0.2, -0.15) is 5.10 Å². The number of aliphatic hydroxyl groups excluding tert-OH is 1. The average Bonchev–Trinajstić information content (AvgIpc) is 2.57. The summed E-state index contributed by atoms with van der Waals surface area (Å²) >= 11 is 0. The fraction of sp³-hybridized carbons (Fsp3) is 0.235. The van der Waals surface area contributed by atoms with E-state index in [1.807, 2.05) is 31.2 Å². The summed E-state index contributed by atoms with van der Waals surface area (Å²) in [5.41, 5.74) is 1.26. The lowest BCUT2D eigenvalue weighted by Crippen LogP contribution is -2.32. The van der Waals surface area contributed by atoms with E-state index in [0.717, 1.165) is 11.3 Å². The van der Waals surface area contributed by atoms with Crippen molar-refractivity contribution in [3.8, 4) is 5.75 Å². The van der Waals surface area contributed by atoms with E-state index >= 15 is 0 Å². The van der Waals surface area contributed by atoms with Crippen molar-refractivity contribution in [2.45, 2.75) is 19.6 Å². The number of hydrogen-bond acceptors (Lipinski definition) is 5. The highest BCUT2D eigenvalue weighted by Gasteiger charge is 2.11. The molecule has 2 aromatic heterocycles. The quantitative estimate of drug-likeness (QED) is 0.773. The van der Waals surface area contributed by atoms with Crippen LogP contribution in [0.2, 0.25) is 0 Å². The van der Waals surface area contributed by atoms with Gasteiger partial charge in [0.05, 0.1) is 23.6 Å². The van der Waals surface area contributed by atoms with Crippen molar-refractivity contribution in [3.63, 3.8) is 0 Å². The number of pyridine rings is 1. The average molecular weight is 311 g/mol. The molecule has 2 heterocycles. The Kier molecular flexibility index (Phi) is 4.34. The Bertz CT molecular complexity index is 876. The van der Waals surface area contributed by atoms with E-state index in [2.05, 4.69) is 10.1 Å². The van der Waals surface area contributed by atoms with Crippen LogP contribution in [0.25, 0.3) is 10.9 Å². The molecule has 0 radical (unpaired) electrons. The Morgan fingerprint density at radius 3 is 2.91 bits per heavy atom. The lowest BCUT2D eigenvalue weighted by molar-refractivity contribution is 0.0878. The molecular weight excluding hydrogens is 294 g/mol. The van der Waals surface area contributed by atoms with E-state index in [-0.39, 0.29) is 18.7 Å². The van der Waals surface area contributed by atoms with Crippen molar-refractivity contribution in [1.82, 2.24) is 14.8 Å². The first-order valence-electron chi connectivity index (χ1n) is 7.32. The lowest BCUT2D eigenvalue weighted by Gasteiger charge is -2.14. The third kappa shape index (κ3) is 3.37. The van der Waals surface area contributed by atoms with Gasteiger partial charge in [0.1, 0.15) is 18.5 Å². The maximum atomic E-state index is 12.3. The summed E-state index contributed by atoms with van der Waals surface area (Å²) in [5, 5.41) is 14.6. The summed E-state index contributed by atoms with van der Waals surface area (Å²) in [7, 11) is 0. The normalized spacial score (nSPS) is 12.3. The monoisotopic (exact) mass is 311 g/mol. The van der Waals surface area contributed by atoms with Gasteiger partial charge in [-0.15, -0.1) is 0 Å². The second kappa shape index (κ2) is 6.58. The SMILES string of the molecule is Cc1ccccc1OC[C@@H](O)Cn1ncc2ncccc2c1=O. The molecule has 0 aliphatic carbocycles. The molecule has 3 aromatic rings. The predicted octanol–water partition coefficient (Wildman–Crippen LogP) is 1.54. The van der Waals surface area contributed by atoms with Crippen molar-refractivity contribution >= 4 is 10.9 Å². The van der Waals surface area contributed by atoms with E-state index in [1.54, 1.807) is 18.3 Å². The highest BCUT2D eigenvalue weighted by atomic mass is 16.5. The highest BCUT2D eigenvalue weighted by Crippen LogP contribution is 2.16. The second-order valence-corrected chi connectivity index (χ2v) is 5.30. The van der Waals surface area contributed by atoms with E-state index in [1.165, 1.54) is 10.9 Å². The van der Waals surface area contributed by atoms with Crippen LogP contribution in [0.1, 0.15) is 5.56 Å².